The Morgan fingerprint density at radius 2 is 1.29 bits per heavy atom. The SMILES string of the molecule is Cl.NCc1ccccc1C(Cl)(Cl)C(Cl)(Cl)c1ccccc1. The molecule has 0 spiro atoms. The molecule has 0 amide bonds. The van der Waals surface area contributed by atoms with E-state index in [-0.39, 0.29) is 12.4 Å². The highest BCUT2D eigenvalue weighted by Gasteiger charge is 2.50. The van der Waals surface area contributed by atoms with E-state index in [1.165, 1.54) is 0 Å². The van der Waals surface area contributed by atoms with Crippen LogP contribution in [0.2, 0.25) is 0 Å². The van der Waals surface area contributed by atoms with E-state index in [1.807, 2.05) is 36.4 Å². The summed E-state index contributed by atoms with van der Waals surface area (Å²) < 4.78 is -3.02. The van der Waals surface area contributed by atoms with E-state index in [9.17, 15) is 0 Å². The molecule has 6 heteroatoms. The van der Waals surface area contributed by atoms with Crippen molar-refractivity contribution in [3.05, 3.63) is 71.3 Å². The molecule has 2 rings (SSSR count). The molecular formula is C15H14Cl5N. The Balaban J connectivity index is 0.00000220. The van der Waals surface area contributed by atoms with Gasteiger partial charge in [0, 0.05) is 6.54 Å². The zero-order valence-electron chi connectivity index (χ0n) is 10.9. The summed E-state index contributed by atoms with van der Waals surface area (Å²) in [6.45, 7) is 0.302. The van der Waals surface area contributed by atoms with Gasteiger partial charge in [-0.15, -0.1) is 12.4 Å². The van der Waals surface area contributed by atoms with Gasteiger partial charge in [-0.3, -0.25) is 0 Å². The van der Waals surface area contributed by atoms with Crippen molar-refractivity contribution in [3.8, 4) is 0 Å². The molecule has 0 radical (unpaired) electrons. The molecule has 0 fully saturated rings. The van der Waals surface area contributed by atoms with Gasteiger partial charge >= 0.3 is 0 Å². The first-order valence-corrected chi connectivity index (χ1v) is 7.52. The van der Waals surface area contributed by atoms with Crippen LogP contribution in [0.15, 0.2) is 54.6 Å². The molecule has 0 aliphatic heterocycles. The summed E-state index contributed by atoms with van der Waals surface area (Å²) in [5.41, 5.74) is 7.77. The van der Waals surface area contributed by atoms with Crippen LogP contribution in [-0.2, 0) is 15.2 Å². The molecule has 0 heterocycles. The molecule has 0 aliphatic carbocycles. The lowest BCUT2D eigenvalue weighted by molar-refractivity contribution is 0.721. The average Bonchev–Trinajstić information content (AvgIpc) is 2.47. The van der Waals surface area contributed by atoms with E-state index in [0.717, 1.165) is 5.56 Å². The van der Waals surface area contributed by atoms with Crippen molar-refractivity contribution in [1.82, 2.24) is 0 Å². The van der Waals surface area contributed by atoms with Gasteiger partial charge in [0.2, 0.25) is 0 Å². The van der Waals surface area contributed by atoms with Crippen molar-refractivity contribution in [2.24, 2.45) is 5.73 Å². The normalized spacial score (nSPS) is 11.9. The van der Waals surface area contributed by atoms with Crippen LogP contribution in [0.4, 0.5) is 0 Å². The fourth-order valence-electron chi connectivity index (χ4n) is 2.00. The van der Waals surface area contributed by atoms with Crippen molar-refractivity contribution in [1.29, 1.82) is 0 Å². The van der Waals surface area contributed by atoms with E-state index in [1.54, 1.807) is 18.2 Å². The minimum atomic E-state index is -1.52. The lowest BCUT2D eigenvalue weighted by atomic mass is 9.98. The lowest BCUT2D eigenvalue weighted by Gasteiger charge is -2.34. The second kappa shape index (κ2) is 7.41. The summed E-state index contributed by atoms with van der Waals surface area (Å²) in [6.07, 6.45) is 0. The number of alkyl halides is 4. The molecule has 114 valence electrons. The summed E-state index contributed by atoms with van der Waals surface area (Å²) in [6, 6.07) is 16.4. The van der Waals surface area contributed by atoms with Gasteiger partial charge < -0.3 is 5.73 Å². The summed E-state index contributed by atoms with van der Waals surface area (Å²) in [4.78, 5) is 0. The van der Waals surface area contributed by atoms with Crippen molar-refractivity contribution in [3.63, 3.8) is 0 Å². The molecule has 1 nitrogen and oxygen atoms in total. The monoisotopic (exact) mass is 383 g/mol. The van der Waals surface area contributed by atoms with Crippen molar-refractivity contribution >= 4 is 58.8 Å². The molecule has 2 aromatic carbocycles. The molecule has 0 aromatic heterocycles. The zero-order valence-corrected chi connectivity index (χ0v) is 14.7. The average molecular weight is 386 g/mol. The molecular weight excluding hydrogens is 371 g/mol. The first-order valence-electron chi connectivity index (χ1n) is 6.01. The maximum atomic E-state index is 6.52. The third-order valence-electron chi connectivity index (χ3n) is 3.11. The van der Waals surface area contributed by atoms with Crippen molar-refractivity contribution in [2.45, 2.75) is 15.2 Å². The number of benzene rings is 2. The van der Waals surface area contributed by atoms with Gasteiger partial charge in [0.15, 0.2) is 8.67 Å². The molecule has 2 aromatic rings. The predicted molar refractivity (Wildman–Crippen MR) is 94.8 cm³/mol. The summed E-state index contributed by atoms with van der Waals surface area (Å²) in [7, 11) is 0. The Labute approximate surface area is 150 Å². The third-order valence-corrected chi connectivity index (χ3v) is 5.47. The number of nitrogens with two attached hydrogens (primary N) is 1. The number of hydrogen-bond acceptors (Lipinski definition) is 1. The van der Waals surface area contributed by atoms with Crippen LogP contribution >= 0.6 is 58.8 Å². The van der Waals surface area contributed by atoms with Crippen LogP contribution in [-0.4, -0.2) is 0 Å². The van der Waals surface area contributed by atoms with Gasteiger partial charge in [-0.1, -0.05) is 101 Å². The largest absolute Gasteiger partial charge is 0.326 e. The van der Waals surface area contributed by atoms with Crippen LogP contribution in [0, 0.1) is 0 Å². The van der Waals surface area contributed by atoms with Crippen LogP contribution in [0.5, 0.6) is 0 Å². The molecule has 0 aliphatic rings. The first kappa shape index (κ1) is 18.9. The summed E-state index contributed by atoms with van der Waals surface area (Å²) in [5.74, 6) is 0. The molecule has 2 N–H and O–H groups in total. The molecule has 0 saturated carbocycles. The van der Waals surface area contributed by atoms with Gasteiger partial charge in [0.25, 0.3) is 0 Å². The maximum absolute atomic E-state index is 6.52. The summed E-state index contributed by atoms with van der Waals surface area (Å²) in [5, 5.41) is 0. The lowest BCUT2D eigenvalue weighted by Crippen LogP contribution is -2.33. The van der Waals surface area contributed by atoms with Gasteiger partial charge in [0.1, 0.15) is 0 Å². The Morgan fingerprint density at radius 1 is 0.762 bits per heavy atom. The third kappa shape index (κ3) is 3.61. The number of halogens is 5. The Kier molecular flexibility index (Phi) is 6.67. The first-order chi connectivity index (χ1) is 9.41. The second-order valence-corrected chi connectivity index (χ2v) is 7.03. The highest BCUT2D eigenvalue weighted by molar-refractivity contribution is 6.61. The fraction of sp³-hybridized carbons (Fsp3) is 0.200. The van der Waals surface area contributed by atoms with E-state index < -0.39 is 8.67 Å². The Hall–Kier alpha value is -0.150. The van der Waals surface area contributed by atoms with Gasteiger partial charge in [-0.2, -0.15) is 0 Å². The second-order valence-electron chi connectivity index (χ2n) is 4.38. The van der Waals surface area contributed by atoms with Gasteiger partial charge in [0.05, 0.1) is 0 Å². The van der Waals surface area contributed by atoms with Crippen LogP contribution in [0.1, 0.15) is 16.7 Å². The van der Waals surface area contributed by atoms with E-state index in [2.05, 4.69) is 0 Å². The minimum absolute atomic E-state index is 0. The molecule has 0 unspecified atom stereocenters. The van der Waals surface area contributed by atoms with Crippen LogP contribution in [0.3, 0.4) is 0 Å². The van der Waals surface area contributed by atoms with Gasteiger partial charge in [-0.05, 0) is 16.7 Å². The smallest absolute Gasteiger partial charge is 0.180 e. The van der Waals surface area contributed by atoms with Crippen molar-refractivity contribution < 1.29 is 0 Å². The molecule has 0 saturated heterocycles. The summed E-state index contributed by atoms with van der Waals surface area (Å²) >= 11 is 26.0. The Bertz CT molecular complexity index is 584. The maximum Gasteiger partial charge on any atom is 0.180 e. The highest BCUT2D eigenvalue weighted by Crippen LogP contribution is 2.56. The minimum Gasteiger partial charge on any atom is -0.326 e. The predicted octanol–water partition coefficient (Wildman–Crippen LogP) is 5.53. The Morgan fingerprint density at radius 3 is 1.86 bits per heavy atom. The quantitative estimate of drug-likeness (QED) is 0.688. The van der Waals surface area contributed by atoms with Crippen LogP contribution < -0.4 is 5.73 Å². The topological polar surface area (TPSA) is 26.0 Å². The molecule has 21 heavy (non-hydrogen) atoms. The molecule has 0 atom stereocenters. The fourth-order valence-corrected chi connectivity index (χ4v) is 3.05. The molecule has 0 bridgehead atoms. The standard InChI is InChI=1S/C15H13Cl4N.ClH/c16-14(17,12-7-2-1-3-8-12)15(18,19)13-9-5-4-6-11(13)10-20;/h1-9H,10,20H2;1H. The highest BCUT2D eigenvalue weighted by atomic mass is 35.5. The van der Waals surface area contributed by atoms with E-state index in [4.69, 9.17) is 52.1 Å². The van der Waals surface area contributed by atoms with Gasteiger partial charge in [-0.25, -0.2) is 0 Å². The van der Waals surface area contributed by atoms with Crippen LogP contribution in [0.25, 0.3) is 0 Å². The van der Waals surface area contributed by atoms with E-state index >= 15 is 0 Å². The van der Waals surface area contributed by atoms with Crippen molar-refractivity contribution in [2.75, 3.05) is 0 Å². The number of hydrogen-bond donors (Lipinski definition) is 1. The van der Waals surface area contributed by atoms with E-state index in [0.29, 0.717) is 17.7 Å². The zero-order chi connectivity index (χ0) is 14.8. The number of rotatable bonds is 4.